The first kappa shape index (κ1) is 13.0. The van der Waals surface area contributed by atoms with Gasteiger partial charge in [-0.05, 0) is 33.6 Å². The summed E-state index contributed by atoms with van der Waals surface area (Å²) >= 11 is 5.75. The molecule has 0 saturated carbocycles. The number of halogens is 1. The molecule has 0 bridgehead atoms. The molecule has 0 aromatic carbocycles. The first-order valence-electron chi connectivity index (χ1n) is 4.98. The molecule has 0 amide bonds. The van der Waals surface area contributed by atoms with Gasteiger partial charge in [-0.25, -0.2) is 0 Å². The summed E-state index contributed by atoms with van der Waals surface area (Å²) in [6, 6.07) is 0. The molecule has 0 spiro atoms. The Kier molecular flexibility index (Phi) is 6.44. The molecular formula is C11H22ClN. The Balaban J connectivity index is 3.90. The smallest absolute Gasteiger partial charge is 0.0240 e. The predicted octanol–water partition coefficient (Wildman–Crippen LogP) is 3.34. The van der Waals surface area contributed by atoms with Crippen LogP contribution in [0.4, 0.5) is 0 Å². The van der Waals surface area contributed by atoms with E-state index in [2.05, 4.69) is 39.1 Å². The van der Waals surface area contributed by atoms with Crippen molar-refractivity contribution in [3.63, 3.8) is 0 Å². The third-order valence-corrected chi connectivity index (χ3v) is 2.65. The van der Waals surface area contributed by atoms with E-state index >= 15 is 0 Å². The number of rotatable bonds is 6. The molecule has 0 aromatic heterocycles. The van der Waals surface area contributed by atoms with Gasteiger partial charge in [0.25, 0.3) is 0 Å². The summed E-state index contributed by atoms with van der Waals surface area (Å²) in [5.41, 5.74) is 1.56. The van der Waals surface area contributed by atoms with Crippen LogP contribution in [0.25, 0.3) is 0 Å². The van der Waals surface area contributed by atoms with Crippen LogP contribution >= 0.6 is 11.6 Å². The van der Waals surface area contributed by atoms with Crippen molar-refractivity contribution in [2.45, 2.75) is 46.1 Å². The van der Waals surface area contributed by atoms with Crippen molar-refractivity contribution in [2.75, 3.05) is 12.4 Å². The molecule has 13 heavy (non-hydrogen) atoms. The molecule has 0 saturated heterocycles. The van der Waals surface area contributed by atoms with Crippen LogP contribution in [0.1, 0.15) is 40.5 Å². The molecule has 2 heteroatoms. The molecule has 0 aromatic rings. The highest BCUT2D eigenvalue weighted by Crippen LogP contribution is 2.14. The molecule has 0 heterocycles. The van der Waals surface area contributed by atoms with Gasteiger partial charge >= 0.3 is 0 Å². The molecule has 78 valence electrons. The third kappa shape index (κ3) is 6.11. The molecule has 0 rings (SSSR count). The maximum atomic E-state index is 5.75. The Labute approximate surface area is 87.6 Å². The fourth-order valence-electron chi connectivity index (χ4n) is 1.10. The molecule has 1 atom stereocenters. The quantitative estimate of drug-likeness (QED) is 0.516. The van der Waals surface area contributed by atoms with Crippen LogP contribution in [0.15, 0.2) is 11.6 Å². The van der Waals surface area contributed by atoms with Crippen molar-refractivity contribution < 1.29 is 0 Å². The van der Waals surface area contributed by atoms with Gasteiger partial charge < -0.3 is 5.32 Å². The van der Waals surface area contributed by atoms with Gasteiger partial charge in [-0.3, -0.25) is 0 Å². The normalized spacial score (nSPS) is 15.2. The zero-order valence-electron chi connectivity index (χ0n) is 9.28. The van der Waals surface area contributed by atoms with E-state index in [1.807, 2.05) is 0 Å². The minimum absolute atomic E-state index is 0.202. The summed E-state index contributed by atoms with van der Waals surface area (Å²) in [7, 11) is 0. The summed E-state index contributed by atoms with van der Waals surface area (Å²) < 4.78 is 0. The molecule has 0 aliphatic carbocycles. The Morgan fingerprint density at radius 3 is 2.46 bits per heavy atom. The monoisotopic (exact) mass is 203 g/mol. The lowest BCUT2D eigenvalue weighted by Crippen LogP contribution is -2.42. The number of alkyl halides is 1. The van der Waals surface area contributed by atoms with Crippen molar-refractivity contribution in [2.24, 2.45) is 0 Å². The predicted molar refractivity (Wildman–Crippen MR) is 61.5 cm³/mol. The average Bonchev–Trinajstić information content (AvgIpc) is 2.04. The van der Waals surface area contributed by atoms with Crippen LogP contribution < -0.4 is 5.32 Å². The second-order valence-corrected chi connectivity index (χ2v) is 4.39. The largest absolute Gasteiger partial charge is 0.308 e. The summed E-state index contributed by atoms with van der Waals surface area (Å²) in [6.07, 6.45) is 4.36. The zero-order valence-corrected chi connectivity index (χ0v) is 10.0. The van der Waals surface area contributed by atoms with E-state index in [9.17, 15) is 0 Å². The van der Waals surface area contributed by atoms with Crippen LogP contribution in [0.5, 0.6) is 0 Å². The first-order valence-corrected chi connectivity index (χ1v) is 5.52. The first-order chi connectivity index (χ1) is 6.04. The van der Waals surface area contributed by atoms with Crippen LogP contribution in [-0.4, -0.2) is 18.0 Å². The maximum Gasteiger partial charge on any atom is 0.0240 e. The second kappa shape index (κ2) is 6.44. The van der Waals surface area contributed by atoms with Gasteiger partial charge in [-0.15, -0.1) is 11.6 Å². The lowest BCUT2D eigenvalue weighted by atomic mass is 9.95. The average molecular weight is 204 g/mol. The van der Waals surface area contributed by atoms with E-state index in [4.69, 9.17) is 11.6 Å². The third-order valence-electron chi connectivity index (χ3n) is 2.47. The van der Waals surface area contributed by atoms with Gasteiger partial charge in [0, 0.05) is 18.0 Å². The number of hydrogen-bond acceptors (Lipinski definition) is 1. The van der Waals surface area contributed by atoms with Crippen LogP contribution in [0, 0.1) is 0 Å². The lowest BCUT2D eigenvalue weighted by molar-refractivity contribution is 0.348. The van der Waals surface area contributed by atoms with Crippen molar-refractivity contribution >= 4 is 11.6 Å². The van der Waals surface area contributed by atoms with E-state index in [-0.39, 0.29) is 5.54 Å². The summed E-state index contributed by atoms with van der Waals surface area (Å²) in [4.78, 5) is 0. The van der Waals surface area contributed by atoms with Crippen molar-refractivity contribution in [3.05, 3.63) is 11.6 Å². The summed E-state index contributed by atoms with van der Waals surface area (Å²) in [5, 5.41) is 3.52. The molecule has 1 unspecified atom stereocenters. The van der Waals surface area contributed by atoms with Gasteiger partial charge in [0.15, 0.2) is 0 Å². The van der Waals surface area contributed by atoms with E-state index in [0.717, 1.165) is 25.3 Å². The fourth-order valence-corrected chi connectivity index (χ4v) is 1.52. The molecule has 0 radical (unpaired) electrons. The topological polar surface area (TPSA) is 12.0 Å². The van der Waals surface area contributed by atoms with E-state index < -0.39 is 0 Å². The molecule has 1 N–H and O–H groups in total. The maximum absolute atomic E-state index is 5.75. The molecule has 1 nitrogen and oxygen atoms in total. The molecule has 0 aliphatic rings. The van der Waals surface area contributed by atoms with Crippen LogP contribution in [-0.2, 0) is 0 Å². The van der Waals surface area contributed by atoms with Crippen LogP contribution in [0.3, 0.4) is 0 Å². The van der Waals surface area contributed by atoms with E-state index in [0.29, 0.717) is 0 Å². The Morgan fingerprint density at radius 2 is 2.08 bits per heavy atom. The van der Waals surface area contributed by atoms with Crippen LogP contribution in [0.2, 0.25) is 0 Å². The van der Waals surface area contributed by atoms with Gasteiger partial charge in [0.1, 0.15) is 0 Å². The van der Waals surface area contributed by atoms with Gasteiger partial charge in [0.2, 0.25) is 0 Å². The van der Waals surface area contributed by atoms with Crippen molar-refractivity contribution in [1.29, 1.82) is 0 Å². The summed E-state index contributed by atoms with van der Waals surface area (Å²) in [5.74, 6) is 0.728. The van der Waals surface area contributed by atoms with Gasteiger partial charge in [0.05, 0.1) is 0 Å². The van der Waals surface area contributed by atoms with Crippen molar-refractivity contribution in [1.82, 2.24) is 5.32 Å². The zero-order chi connectivity index (χ0) is 10.3. The Morgan fingerprint density at radius 1 is 1.46 bits per heavy atom. The molecule has 0 aliphatic heterocycles. The standard InChI is InChI=1S/C11H22ClN/c1-5-11(4,7-8-12)13-9-6-10(2)3/h6,13H,5,7-9H2,1-4H3. The summed E-state index contributed by atoms with van der Waals surface area (Å²) in [6.45, 7) is 9.61. The van der Waals surface area contributed by atoms with E-state index in [1.165, 1.54) is 5.57 Å². The van der Waals surface area contributed by atoms with Gasteiger partial charge in [-0.2, -0.15) is 0 Å². The highest BCUT2D eigenvalue weighted by atomic mass is 35.5. The molecule has 0 fully saturated rings. The fraction of sp³-hybridized carbons (Fsp3) is 0.818. The van der Waals surface area contributed by atoms with E-state index in [1.54, 1.807) is 0 Å². The highest BCUT2D eigenvalue weighted by Gasteiger charge is 2.18. The Hall–Kier alpha value is -0.0100. The SMILES string of the molecule is CCC(C)(CCCl)NCC=C(C)C. The Bertz CT molecular complexity index is 161. The van der Waals surface area contributed by atoms with Gasteiger partial charge in [-0.1, -0.05) is 18.6 Å². The number of nitrogens with one attached hydrogen (secondary N) is 1. The lowest BCUT2D eigenvalue weighted by Gasteiger charge is -2.28. The minimum Gasteiger partial charge on any atom is -0.308 e. The second-order valence-electron chi connectivity index (χ2n) is 4.02. The number of hydrogen-bond donors (Lipinski definition) is 1. The number of allylic oxidation sites excluding steroid dienone is 1. The van der Waals surface area contributed by atoms with Crippen molar-refractivity contribution in [3.8, 4) is 0 Å². The minimum atomic E-state index is 0.202. The molecular weight excluding hydrogens is 182 g/mol. The highest BCUT2D eigenvalue weighted by molar-refractivity contribution is 6.17.